The topological polar surface area (TPSA) is 52.6 Å². The quantitative estimate of drug-likeness (QED) is 0.769. The molecule has 0 aliphatic carbocycles. The van der Waals surface area contributed by atoms with E-state index >= 15 is 0 Å². The highest BCUT2D eigenvalue weighted by molar-refractivity contribution is 5.91. The number of rotatable bonds is 4. The Balaban J connectivity index is -0.000000425. The maximum Gasteiger partial charge on any atom is 0.161 e. The van der Waals surface area contributed by atoms with E-state index in [0.717, 1.165) is 0 Å². The first kappa shape index (κ1) is 23.3. The number of hydrogen-bond donors (Lipinski definition) is 0. The van der Waals surface area contributed by atoms with Crippen molar-refractivity contribution in [3.63, 3.8) is 0 Å². The van der Waals surface area contributed by atoms with E-state index < -0.39 is 0 Å². The Labute approximate surface area is 123 Å². The molecule has 0 fully saturated rings. The number of aldehydes is 2. The molecule has 4 heteroatoms. The van der Waals surface area contributed by atoms with E-state index in [1.807, 2.05) is 41.5 Å². The molecule has 0 heterocycles. The summed E-state index contributed by atoms with van der Waals surface area (Å²) in [6.45, 7) is 12.0. The summed E-state index contributed by atoms with van der Waals surface area (Å²) in [7, 11) is 2.93. The summed E-state index contributed by atoms with van der Waals surface area (Å²) in [4.78, 5) is 21.2. The lowest BCUT2D eigenvalue weighted by Gasteiger charge is -2.08. The van der Waals surface area contributed by atoms with Crippen LogP contribution >= 0.6 is 0 Å². The molecule has 0 amide bonds. The molecule has 0 radical (unpaired) electrons. The molecule has 0 aliphatic heterocycles. The number of carbonyl (C=O) groups excluding carboxylic acids is 2. The molecule has 0 aromatic heterocycles. The van der Waals surface area contributed by atoms with E-state index in [1.54, 1.807) is 0 Å². The summed E-state index contributed by atoms with van der Waals surface area (Å²) in [5, 5.41) is 0. The van der Waals surface area contributed by atoms with Crippen molar-refractivity contribution < 1.29 is 19.1 Å². The maximum absolute atomic E-state index is 10.6. The molecule has 0 saturated heterocycles. The zero-order chi connectivity index (χ0) is 16.6. The van der Waals surface area contributed by atoms with Crippen LogP contribution in [0.25, 0.3) is 0 Å². The second-order valence-corrected chi connectivity index (χ2v) is 2.57. The van der Waals surface area contributed by atoms with Crippen LogP contribution in [0.3, 0.4) is 0 Å². The predicted octanol–water partition coefficient (Wildman–Crippen LogP) is 4.41. The van der Waals surface area contributed by atoms with Crippen LogP contribution in [0.15, 0.2) is 12.1 Å². The van der Waals surface area contributed by atoms with Gasteiger partial charge in [-0.05, 0) is 12.1 Å². The average Bonchev–Trinajstić information content (AvgIpc) is 2.58. The Morgan fingerprint density at radius 3 is 1.10 bits per heavy atom. The van der Waals surface area contributed by atoms with Crippen molar-refractivity contribution in [3.05, 3.63) is 23.3 Å². The highest BCUT2D eigenvalue weighted by atomic mass is 16.5. The smallest absolute Gasteiger partial charge is 0.161 e. The first-order valence-corrected chi connectivity index (χ1v) is 6.93. The molecule has 0 saturated carbocycles. The minimum absolute atomic E-state index is 0.289. The highest BCUT2D eigenvalue weighted by Gasteiger charge is 2.09. The lowest BCUT2D eigenvalue weighted by molar-refractivity contribution is 0.109. The molecule has 1 aromatic rings. The van der Waals surface area contributed by atoms with Gasteiger partial charge in [-0.15, -0.1) is 0 Å². The molecular weight excluding hydrogens is 256 g/mol. The Bertz CT molecular complexity index is 325. The van der Waals surface area contributed by atoms with Gasteiger partial charge in [0, 0.05) is 11.1 Å². The summed E-state index contributed by atoms with van der Waals surface area (Å²) in [6.07, 6.45) is 1.21. The lowest BCUT2D eigenvalue weighted by atomic mass is 10.1. The largest absolute Gasteiger partial charge is 0.493 e. The predicted molar refractivity (Wildman–Crippen MR) is 84.4 cm³/mol. The van der Waals surface area contributed by atoms with Gasteiger partial charge in [0.1, 0.15) is 0 Å². The summed E-state index contributed by atoms with van der Waals surface area (Å²) in [5.74, 6) is 0.861. The van der Waals surface area contributed by atoms with Crippen LogP contribution < -0.4 is 9.47 Å². The molecule has 0 unspecified atom stereocenters. The van der Waals surface area contributed by atoms with Gasteiger partial charge >= 0.3 is 0 Å². The summed E-state index contributed by atoms with van der Waals surface area (Å²) in [6, 6.07) is 2.94. The Morgan fingerprint density at radius 1 is 0.700 bits per heavy atom. The molecule has 0 bridgehead atoms. The molecule has 0 N–H and O–H groups in total. The molecule has 0 spiro atoms. The second kappa shape index (κ2) is 17.2. The van der Waals surface area contributed by atoms with Crippen molar-refractivity contribution in [2.45, 2.75) is 41.5 Å². The van der Waals surface area contributed by atoms with Gasteiger partial charge in [-0.25, -0.2) is 0 Å². The molecule has 0 atom stereocenters. The van der Waals surface area contributed by atoms with Crippen molar-refractivity contribution in [1.29, 1.82) is 0 Å². The van der Waals surface area contributed by atoms with Gasteiger partial charge in [-0.3, -0.25) is 9.59 Å². The molecule has 4 nitrogen and oxygen atoms in total. The lowest BCUT2D eigenvalue weighted by Crippen LogP contribution is -1.96. The van der Waals surface area contributed by atoms with E-state index in [2.05, 4.69) is 0 Å². The van der Waals surface area contributed by atoms with Gasteiger partial charge in [0.25, 0.3) is 0 Å². The number of benzene rings is 1. The van der Waals surface area contributed by atoms with E-state index in [9.17, 15) is 9.59 Å². The molecule has 20 heavy (non-hydrogen) atoms. The first-order chi connectivity index (χ1) is 9.76. The molecule has 0 aliphatic rings. The van der Waals surface area contributed by atoms with Gasteiger partial charge in [0.15, 0.2) is 24.1 Å². The van der Waals surface area contributed by atoms with Gasteiger partial charge in [0.05, 0.1) is 14.2 Å². The Kier molecular flexibility index (Phi) is 20.0. The van der Waals surface area contributed by atoms with Crippen LogP contribution in [0.2, 0.25) is 0 Å². The second-order valence-electron chi connectivity index (χ2n) is 2.57. The maximum atomic E-state index is 10.6. The zero-order valence-corrected chi connectivity index (χ0v) is 13.9. The van der Waals surface area contributed by atoms with Crippen LogP contribution in [0.5, 0.6) is 11.5 Å². The van der Waals surface area contributed by atoms with E-state index in [1.165, 1.54) is 26.4 Å². The van der Waals surface area contributed by atoms with Gasteiger partial charge in [-0.2, -0.15) is 0 Å². The summed E-state index contributed by atoms with van der Waals surface area (Å²) >= 11 is 0. The number of carbonyl (C=O) groups is 2. The average molecular weight is 284 g/mol. The Morgan fingerprint density at radius 2 is 0.950 bits per heavy atom. The van der Waals surface area contributed by atoms with Crippen molar-refractivity contribution >= 4 is 12.6 Å². The number of hydrogen-bond acceptors (Lipinski definition) is 4. The number of ether oxygens (including phenoxy) is 2. The van der Waals surface area contributed by atoms with Crippen LogP contribution in [0.1, 0.15) is 62.3 Å². The standard InChI is InChI=1S/C10H10O4.3C2H6/c1-13-9-3-7(5-11)8(6-12)4-10(9)14-2;3*1-2/h3-6H,1-2H3;3*1-2H3. The van der Waals surface area contributed by atoms with E-state index in [-0.39, 0.29) is 11.1 Å². The van der Waals surface area contributed by atoms with Crippen LogP contribution in [-0.4, -0.2) is 26.8 Å². The third-order valence-electron chi connectivity index (χ3n) is 1.84. The fourth-order valence-corrected chi connectivity index (χ4v) is 1.11. The molecule has 1 aromatic carbocycles. The van der Waals surface area contributed by atoms with Gasteiger partial charge in [0.2, 0.25) is 0 Å². The molecular formula is C16H28O4. The minimum atomic E-state index is 0.289. The summed E-state index contributed by atoms with van der Waals surface area (Å²) in [5.41, 5.74) is 0.579. The van der Waals surface area contributed by atoms with Crippen LogP contribution in [0.4, 0.5) is 0 Å². The van der Waals surface area contributed by atoms with Crippen LogP contribution in [0, 0.1) is 0 Å². The van der Waals surface area contributed by atoms with Crippen molar-refractivity contribution in [2.24, 2.45) is 0 Å². The first-order valence-electron chi connectivity index (χ1n) is 6.93. The molecule has 116 valence electrons. The van der Waals surface area contributed by atoms with Crippen molar-refractivity contribution in [3.8, 4) is 11.5 Å². The molecule has 1 rings (SSSR count). The van der Waals surface area contributed by atoms with E-state index in [0.29, 0.717) is 24.1 Å². The van der Waals surface area contributed by atoms with E-state index in [4.69, 9.17) is 9.47 Å². The normalized spacial score (nSPS) is 7.40. The minimum Gasteiger partial charge on any atom is -0.493 e. The monoisotopic (exact) mass is 284 g/mol. The summed E-state index contributed by atoms with van der Waals surface area (Å²) < 4.78 is 9.96. The van der Waals surface area contributed by atoms with Crippen molar-refractivity contribution in [2.75, 3.05) is 14.2 Å². The van der Waals surface area contributed by atoms with Gasteiger partial charge < -0.3 is 9.47 Å². The Hall–Kier alpha value is -1.84. The number of methoxy groups -OCH3 is 2. The highest BCUT2D eigenvalue weighted by Crippen LogP contribution is 2.29. The van der Waals surface area contributed by atoms with Gasteiger partial charge in [-0.1, -0.05) is 41.5 Å². The zero-order valence-electron chi connectivity index (χ0n) is 13.9. The third kappa shape index (κ3) is 7.56. The van der Waals surface area contributed by atoms with Crippen molar-refractivity contribution in [1.82, 2.24) is 0 Å². The van der Waals surface area contributed by atoms with Crippen LogP contribution in [-0.2, 0) is 0 Å². The fourth-order valence-electron chi connectivity index (χ4n) is 1.11. The SMILES string of the molecule is CC.CC.CC.COc1cc(C=O)c(C=O)cc1OC. The third-order valence-corrected chi connectivity index (χ3v) is 1.84. The fraction of sp³-hybridized carbons (Fsp3) is 0.500.